The highest BCUT2D eigenvalue weighted by Gasteiger charge is 2.35. The van der Waals surface area contributed by atoms with Crippen LogP contribution in [0.25, 0.3) is 0 Å². The van der Waals surface area contributed by atoms with E-state index in [2.05, 4.69) is 4.90 Å². The van der Waals surface area contributed by atoms with E-state index in [1.165, 1.54) is 7.11 Å². The quantitative estimate of drug-likeness (QED) is 0.674. The van der Waals surface area contributed by atoms with Gasteiger partial charge < -0.3 is 19.1 Å². The number of methoxy groups -OCH3 is 1. The van der Waals surface area contributed by atoms with Crippen molar-refractivity contribution in [1.29, 1.82) is 0 Å². The van der Waals surface area contributed by atoms with E-state index in [-0.39, 0.29) is 11.9 Å². The minimum absolute atomic E-state index is 0.331. The van der Waals surface area contributed by atoms with Crippen LogP contribution in [0.5, 0.6) is 5.75 Å². The fourth-order valence-electron chi connectivity index (χ4n) is 3.76. The summed E-state index contributed by atoms with van der Waals surface area (Å²) in [6, 6.07) is 11.1. The van der Waals surface area contributed by atoms with E-state index in [0.29, 0.717) is 30.2 Å². The predicted octanol–water partition coefficient (Wildman–Crippen LogP) is 4.84. The van der Waals surface area contributed by atoms with Crippen LogP contribution in [0.15, 0.2) is 36.4 Å². The number of esters is 2. The fraction of sp³-hybridized carbons (Fsp3) is 0.417. The number of ether oxygens (including phenoxy) is 3. The van der Waals surface area contributed by atoms with Gasteiger partial charge in [-0.05, 0) is 75.9 Å². The SMILES string of the molecule is COC(=O)c1ccc2c(c1C1CC1)OCCN2c1ccc(C(=O)OC(C)(C)C)cc1. The molecular formula is C24H27NO5. The summed E-state index contributed by atoms with van der Waals surface area (Å²) in [5.74, 6) is 0.434. The van der Waals surface area contributed by atoms with Gasteiger partial charge in [-0.1, -0.05) is 0 Å². The number of carbonyl (C=O) groups is 2. The summed E-state index contributed by atoms with van der Waals surface area (Å²) in [6.07, 6.45) is 2.10. The van der Waals surface area contributed by atoms with Gasteiger partial charge in [-0.15, -0.1) is 0 Å². The molecule has 0 unspecified atom stereocenters. The second kappa shape index (κ2) is 7.67. The van der Waals surface area contributed by atoms with Gasteiger partial charge in [-0.3, -0.25) is 0 Å². The lowest BCUT2D eigenvalue weighted by molar-refractivity contribution is 0.00693. The molecule has 0 saturated heterocycles. The second-order valence-electron chi connectivity index (χ2n) is 8.69. The molecule has 6 nitrogen and oxygen atoms in total. The van der Waals surface area contributed by atoms with Crippen LogP contribution in [0.4, 0.5) is 11.4 Å². The van der Waals surface area contributed by atoms with Gasteiger partial charge in [-0.2, -0.15) is 0 Å². The number of fused-ring (bicyclic) bond motifs is 1. The van der Waals surface area contributed by atoms with Crippen LogP contribution in [-0.2, 0) is 9.47 Å². The Balaban J connectivity index is 1.66. The number of hydrogen-bond donors (Lipinski definition) is 0. The van der Waals surface area contributed by atoms with Crippen molar-refractivity contribution >= 4 is 23.3 Å². The maximum atomic E-state index is 12.3. The van der Waals surface area contributed by atoms with Gasteiger partial charge in [0.15, 0.2) is 0 Å². The van der Waals surface area contributed by atoms with Crippen LogP contribution in [-0.4, -0.2) is 37.8 Å². The molecule has 0 spiro atoms. The maximum absolute atomic E-state index is 12.3. The van der Waals surface area contributed by atoms with Crippen molar-refractivity contribution in [3.8, 4) is 5.75 Å². The molecule has 2 aromatic rings. The third-order valence-electron chi connectivity index (χ3n) is 5.23. The van der Waals surface area contributed by atoms with Gasteiger partial charge in [-0.25, -0.2) is 9.59 Å². The third kappa shape index (κ3) is 3.99. The molecule has 1 fully saturated rings. The van der Waals surface area contributed by atoms with Gasteiger partial charge in [0, 0.05) is 11.3 Å². The van der Waals surface area contributed by atoms with Crippen molar-refractivity contribution in [2.45, 2.75) is 45.1 Å². The Hall–Kier alpha value is -3.02. The van der Waals surface area contributed by atoms with Crippen molar-refractivity contribution in [3.63, 3.8) is 0 Å². The Morgan fingerprint density at radius 2 is 1.73 bits per heavy atom. The Labute approximate surface area is 176 Å². The van der Waals surface area contributed by atoms with Crippen LogP contribution in [0.1, 0.15) is 65.8 Å². The van der Waals surface area contributed by atoms with Crippen molar-refractivity contribution in [1.82, 2.24) is 0 Å². The summed E-state index contributed by atoms with van der Waals surface area (Å²) in [6.45, 7) is 6.75. The number of nitrogens with zero attached hydrogens (tertiary/aromatic N) is 1. The van der Waals surface area contributed by atoms with Crippen LogP contribution < -0.4 is 9.64 Å². The lowest BCUT2D eigenvalue weighted by atomic mass is 9.99. The zero-order chi connectivity index (χ0) is 21.5. The molecule has 2 aliphatic rings. The Bertz CT molecular complexity index is 970. The van der Waals surface area contributed by atoms with Gasteiger partial charge in [0.2, 0.25) is 0 Å². The molecule has 4 rings (SSSR count). The number of rotatable bonds is 4. The number of benzene rings is 2. The zero-order valence-corrected chi connectivity index (χ0v) is 17.9. The molecule has 0 aromatic heterocycles. The van der Waals surface area contributed by atoms with E-state index in [1.807, 2.05) is 45.0 Å². The van der Waals surface area contributed by atoms with Crippen LogP contribution in [0, 0.1) is 0 Å². The van der Waals surface area contributed by atoms with Crippen molar-refractivity contribution in [2.75, 3.05) is 25.2 Å². The summed E-state index contributed by atoms with van der Waals surface area (Å²) < 4.78 is 16.5. The highest BCUT2D eigenvalue weighted by molar-refractivity contribution is 5.94. The molecule has 0 atom stereocenters. The zero-order valence-electron chi connectivity index (χ0n) is 17.9. The van der Waals surface area contributed by atoms with E-state index < -0.39 is 5.60 Å². The van der Waals surface area contributed by atoms with E-state index in [4.69, 9.17) is 14.2 Å². The van der Waals surface area contributed by atoms with Crippen LogP contribution in [0.2, 0.25) is 0 Å². The van der Waals surface area contributed by atoms with Crippen molar-refractivity contribution < 1.29 is 23.8 Å². The van der Waals surface area contributed by atoms with Gasteiger partial charge >= 0.3 is 11.9 Å². The average molecular weight is 409 g/mol. The fourth-order valence-corrected chi connectivity index (χ4v) is 3.76. The largest absolute Gasteiger partial charge is 0.489 e. The monoisotopic (exact) mass is 409 g/mol. The third-order valence-corrected chi connectivity index (χ3v) is 5.23. The molecule has 1 aliphatic carbocycles. The highest BCUT2D eigenvalue weighted by Crippen LogP contribution is 2.51. The molecule has 2 aromatic carbocycles. The smallest absolute Gasteiger partial charge is 0.338 e. The van der Waals surface area contributed by atoms with Gasteiger partial charge in [0.1, 0.15) is 18.0 Å². The number of anilines is 2. The second-order valence-corrected chi connectivity index (χ2v) is 8.69. The highest BCUT2D eigenvalue weighted by atomic mass is 16.6. The molecule has 1 heterocycles. The molecule has 0 radical (unpaired) electrons. The van der Waals surface area contributed by atoms with Crippen LogP contribution >= 0.6 is 0 Å². The number of hydrogen-bond acceptors (Lipinski definition) is 6. The topological polar surface area (TPSA) is 65.1 Å². The van der Waals surface area contributed by atoms with E-state index >= 15 is 0 Å². The molecule has 1 saturated carbocycles. The summed E-state index contributed by atoms with van der Waals surface area (Å²) in [5.41, 5.74) is 3.41. The van der Waals surface area contributed by atoms with E-state index in [0.717, 1.165) is 35.5 Å². The van der Waals surface area contributed by atoms with Crippen LogP contribution in [0.3, 0.4) is 0 Å². The molecule has 30 heavy (non-hydrogen) atoms. The first-order valence-electron chi connectivity index (χ1n) is 10.3. The van der Waals surface area contributed by atoms with Gasteiger partial charge in [0.25, 0.3) is 0 Å². The Kier molecular flexibility index (Phi) is 5.18. The lowest BCUT2D eigenvalue weighted by Gasteiger charge is -2.33. The summed E-state index contributed by atoms with van der Waals surface area (Å²) >= 11 is 0. The standard InChI is InChI=1S/C24H27NO5/c1-24(2,3)30-22(26)16-7-9-17(10-8-16)25-13-14-29-21-19(25)12-11-18(23(27)28-4)20(21)15-5-6-15/h7-12,15H,5-6,13-14H2,1-4H3. The average Bonchev–Trinajstić information content (AvgIpc) is 3.56. The Morgan fingerprint density at radius 3 is 2.33 bits per heavy atom. The summed E-state index contributed by atoms with van der Waals surface area (Å²) in [7, 11) is 1.40. The van der Waals surface area contributed by atoms with Crippen molar-refractivity contribution in [3.05, 3.63) is 53.1 Å². The molecule has 0 N–H and O–H groups in total. The molecule has 1 aliphatic heterocycles. The number of carbonyl (C=O) groups excluding carboxylic acids is 2. The lowest BCUT2D eigenvalue weighted by Crippen LogP contribution is -2.29. The molecule has 6 heteroatoms. The molecule has 0 amide bonds. The molecular weight excluding hydrogens is 382 g/mol. The minimum atomic E-state index is -0.532. The van der Waals surface area contributed by atoms with Gasteiger partial charge in [0.05, 0.1) is 30.5 Å². The minimum Gasteiger partial charge on any atom is -0.489 e. The maximum Gasteiger partial charge on any atom is 0.338 e. The first kappa shape index (κ1) is 20.3. The Morgan fingerprint density at radius 1 is 1.03 bits per heavy atom. The summed E-state index contributed by atoms with van der Waals surface area (Å²) in [4.78, 5) is 26.7. The predicted molar refractivity (Wildman–Crippen MR) is 114 cm³/mol. The molecule has 0 bridgehead atoms. The van der Waals surface area contributed by atoms with Crippen molar-refractivity contribution in [2.24, 2.45) is 0 Å². The van der Waals surface area contributed by atoms with E-state index in [9.17, 15) is 9.59 Å². The first-order valence-corrected chi connectivity index (χ1v) is 10.3. The van der Waals surface area contributed by atoms with E-state index in [1.54, 1.807) is 12.1 Å². The summed E-state index contributed by atoms with van der Waals surface area (Å²) in [5, 5.41) is 0. The molecule has 158 valence electrons. The normalized spacial score (nSPS) is 15.8. The first-order chi connectivity index (χ1) is 14.3.